The number of rotatable bonds is 19. The van der Waals surface area contributed by atoms with Crippen molar-refractivity contribution in [2.45, 2.75) is 126 Å². The lowest BCUT2D eigenvalue weighted by molar-refractivity contribution is -0.327. The van der Waals surface area contributed by atoms with Gasteiger partial charge in [0.25, 0.3) is 0 Å². The molecule has 1 aliphatic rings. The van der Waals surface area contributed by atoms with E-state index in [0.717, 1.165) is 19.3 Å². The summed E-state index contributed by atoms with van der Waals surface area (Å²) in [6.07, 6.45) is -5.41. The summed E-state index contributed by atoms with van der Waals surface area (Å²) >= 11 is 0. The van der Waals surface area contributed by atoms with Crippen LogP contribution in [0.25, 0.3) is 0 Å². The van der Waals surface area contributed by atoms with Crippen LogP contribution in [0.15, 0.2) is 0 Å². The molecule has 1 rings (SSSR count). The van der Waals surface area contributed by atoms with E-state index >= 15 is 0 Å². The summed E-state index contributed by atoms with van der Waals surface area (Å²) in [5, 5.41) is 79.2. The van der Waals surface area contributed by atoms with Crippen molar-refractivity contribution in [3.05, 3.63) is 0 Å². The third kappa shape index (κ3) is 11.2. The average Bonchev–Trinajstić information content (AvgIpc) is 2.88. The highest BCUT2D eigenvalue weighted by atomic mass is 16.7. The Bertz CT molecular complexity index is 577. The molecule has 0 amide bonds. The molecule has 0 unspecified atom stereocenters. The molecule has 0 spiro atoms. The molecule has 1 heterocycles. The molecule has 12 heteroatoms. The van der Waals surface area contributed by atoms with Crippen LogP contribution in [0.1, 0.15) is 71.1 Å². The first kappa shape index (κ1) is 33.1. The van der Waals surface area contributed by atoms with Gasteiger partial charge >= 0.3 is 5.97 Å². The van der Waals surface area contributed by atoms with Crippen LogP contribution in [0.2, 0.25) is 0 Å². The van der Waals surface area contributed by atoms with Gasteiger partial charge in [0.1, 0.15) is 55.4 Å². The van der Waals surface area contributed by atoms with Gasteiger partial charge in [0.05, 0.1) is 13.2 Å². The van der Waals surface area contributed by atoms with E-state index in [1.807, 2.05) is 0 Å². The van der Waals surface area contributed by atoms with E-state index in [4.69, 9.17) is 14.2 Å². The highest BCUT2D eigenvalue weighted by Gasteiger charge is 2.46. The van der Waals surface area contributed by atoms with E-state index in [1.54, 1.807) is 0 Å². The zero-order chi connectivity index (χ0) is 27.1. The zero-order valence-electron chi connectivity index (χ0n) is 21.1. The molecule has 9 atom stereocenters. The molecule has 214 valence electrons. The van der Waals surface area contributed by atoms with E-state index in [0.29, 0.717) is 6.42 Å². The quantitative estimate of drug-likeness (QED) is 0.0731. The Morgan fingerprint density at radius 1 is 0.833 bits per heavy atom. The lowest BCUT2D eigenvalue weighted by atomic mass is 9.98. The molecule has 1 aliphatic heterocycles. The first-order chi connectivity index (χ1) is 17.2. The molecular formula is C24H46O12. The maximum atomic E-state index is 12.0. The van der Waals surface area contributed by atoms with Gasteiger partial charge in [-0.25, -0.2) is 0 Å². The van der Waals surface area contributed by atoms with Crippen LogP contribution in [0.5, 0.6) is 0 Å². The predicted octanol–water partition coefficient (Wildman–Crippen LogP) is -1.29. The smallest absolute Gasteiger partial charge is 0.305 e. The van der Waals surface area contributed by atoms with Crippen molar-refractivity contribution >= 4 is 5.97 Å². The lowest BCUT2D eigenvalue weighted by Gasteiger charge is -2.42. The summed E-state index contributed by atoms with van der Waals surface area (Å²) in [4.78, 5) is 12.0. The first-order valence-corrected chi connectivity index (χ1v) is 12.9. The van der Waals surface area contributed by atoms with Crippen LogP contribution in [0, 0.1) is 0 Å². The van der Waals surface area contributed by atoms with E-state index in [9.17, 15) is 45.6 Å². The summed E-state index contributed by atoms with van der Waals surface area (Å²) in [7, 11) is 0. The summed E-state index contributed by atoms with van der Waals surface area (Å²) in [6, 6.07) is 0. The molecule has 0 aromatic rings. The Morgan fingerprint density at radius 2 is 1.42 bits per heavy atom. The Labute approximate surface area is 212 Å². The van der Waals surface area contributed by atoms with Crippen molar-refractivity contribution in [2.75, 3.05) is 19.8 Å². The summed E-state index contributed by atoms with van der Waals surface area (Å²) in [6.45, 7) is -0.0554. The molecule has 0 aromatic heterocycles. The lowest BCUT2D eigenvalue weighted by Crippen LogP contribution is -2.61. The topological polar surface area (TPSA) is 207 Å². The van der Waals surface area contributed by atoms with Crippen molar-refractivity contribution < 1.29 is 59.9 Å². The minimum Gasteiger partial charge on any atom is -0.463 e. The number of carbonyl (C=O) groups is 1. The van der Waals surface area contributed by atoms with Crippen LogP contribution in [0.3, 0.4) is 0 Å². The van der Waals surface area contributed by atoms with Crippen molar-refractivity contribution in [1.29, 1.82) is 0 Å². The molecule has 36 heavy (non-hydrogen) atoms. The number of ether oxygens (including phenoxy) is 3. The first-order valence-electron chi connectivity index (χ1n) is 12.9. The van der Waals surface area contributed by atoms with Crippen molar-refractivity contribution in [3.8, 4) is 0 Å². The Kier molecular flexibility index (Phi) is 16.9. The second kappa shape index (κ2) is 18.3. The Balaban J connectivity index is 2.47. The molecule has 0 bridgehead atoms. The average molecular weight is 527 g/mol. The van der Waals surface area contributed by atoms with Crippen LogP contribution in [-0.4, -0.2) is 122 Å². The number of carbonyl (C=O) groups excluding carboxylic acids is 1. The number of hydrogen-bond acceptors (Lipinski definition) is 12. The molecule has 0 aromatic carbocycles. The second-order valence-electron chi connectivity index (χ2n) is 9.37. The molecule has 12 nitrogen and oxygen atoms in total. The minimum absolute atomic E-state index is 0.155. The van der Waals surface area contributed by atoms with E-state index in [1.165, 1.54) is 32.1 Å². The van der Waals surface area contributed by atoms with Gasteiger partial charge < -0.3 is 55.1 Å². The maximum absolute atomic E-state index is 12.0. The van der Waals surface area contributed by atoms with Crippen molar-refractivity contribution in [3.63, 3.8) is 0 Å². The third-order valence-corrected chi connectivity index (χ3v) is 6.34. The highest BCUT2D eigenvalue weighted by molar-refractivity contribution is 5.69. The van der Waals surface area contributed by atoms with Crippen LogP contribution in [-0.2, 0) is 19.0 Å². The molecule has 0 aliphatic carbocycles. The molecule has 1 fully saturated rings. The highest BCUT2D eigenvalue weighted by Crippen LogP contribution is 2.25. The Morgan fingerprint density at radius 3 is 1.97 bits per heavy atom. The fourth-order valence-corrected chi connectivity index (χ4v) is 3.99. The number of hydrogen-bond donors (Lipinski definition) is 8. The maximum Gasteiger partial charge on any atom is 0.305 e. The summed E-state index contributed by atoms with van der Waals surface area (Å²) in [5.74, 6) is -0.557. The van der Waals surface area contributed by atoms with Crippen LogP contribution >= 0.6 is 0 Å². The predicted molar refractivity (Wildman–Crippen MR) is 127 cm³/mol. The Hall–Kier alpha value is -0.930. The fraction of sp³-hybridized carbons (Fsp3) is 0.958. The van der Waals surface area contributed by atoms with E-state index < -0.39 is 80.9 Å². The number of esters is 1. The summed E-state index contributed by atoms with van der Waals surface area (Å²) < 4.78 is 15.5. The van der Waals surface area contributed by atoms with Gasteiger partial charge in [0, 0.05) is 6.42 Å². The number of aliphatic hydroxyl groups excluding tert-OH is 8. The van der Waals surface area contributed by atoms with Gasteiger partial charge in [-0.15, -0.1) is 0 Å². The van der Waals surface area contributed by atoms with Gasteiger partial charge in [-0.2, -0.15) is 0 Å². The van der Waals surface area contributed by atoms with Gasteiger partial charge in [-0.05, 0) is 6.42 Å². The molecular weight excluding hydrogens is 480 g/mol. The molecule has 8 N–H and O–H groups in total. The SMILES string of the molecule is CCCCCCCCCCCC(=O)OC[C@H](O)[C@@H](O)[C@H](O[C@@H]1O[C@H](CO)[C@H](O)[C@H](O)[C@H]1O)[C@H](O)CO. The number of unbranched alkanes of at least 4 members (excludes halogenated alkanes) is 8. The van der Waals surface area contributed by atoms with Gasteiger partial charge in [-0.3, -0.25) is 4.79 Å². The standard InChI is InChI=1S/C24H46O12/c1-2-3-4-5-6-7-8-9-10-11-18(29)34-14-16(28)19(30)23(15(27)12-25)36-24-22(33)21(32)20(31)17(13-26)35-24/h15-17,19-28,30-33H,2-14H2,1H3/t15-,16+,17-,19-,20+,21+,22-,23-,24+/m1/s1. The summed E-state index contributed by atoms with van der Waals surface area (Å²) in [5.41, 5.74) is 0. The van der Waals surface area contributed by atoms with E-state index in [2.05, 4.69) is 6.92 Å². The van der Waals surface area contributed by atoms with Crippen LogP contribution < -0.4 is 0 Å². The molecule has 0 saturated carbocycles. The normalized spacial score (nSPS) is 27.9. The number of aliphatic hydroxyl groups is 8. The second-order valence-corrected chi connectivity index (χ2v) is 9.37. The third-order valence-electron chi connectivity index (χ3n) is 6.34. The van der Waals surface area contributed by atoms with Gasteiger partial charge in [-0.1, -0.05) is 58.3 Å². The van der Waals surface area contributed by atoms with Gasteiger partial charge in [0.2, 0.25) is 0 Å². The monoisotopic (exact) mass is 526 g/mol. The minimum atomic E-state index is -1.89. The van der Waals surface area contributed by atoms with Gasteiger partial charge in [0.15, 0.2) is 6.29 Å². The fourth-order valence-electron chi connectivity index (χ4n) is 3.99. The molecule has 1 saturated heterocycles. The van der Waals surface area contributed by atoms with Crippen molar-refractivity contribution in [1.82, 2.24) is 0 Å². The van der Waals surface area contributed by atoms with Crippen molar-refractivity contribution in [2.24, 2.45) is 0 Å². The zero-order valence-corrected chi connectivity index (χ0v) is 21.1. The van der Waals surface area contributed by atoms with E-state index in [-0.39, 0.29) is 6.42 Å². The largest absolute Gasteiger partial charge is 0.463 e. The molecule has 0 radical (unpaired) electrons. The van der Waals surface area contributed by atoms with Crippen LogP contribution in [0.4, 0.5) is 0 Å².